The van der Waals surface area contributed by atoms with Gasteiger partial charge in [0.2, 0.25) is 0 Å². The SMILES string of the molecule is CCC1CCCCC1Oc1cc(F)cc(C#CCN)c1. The van der Waals surface area contributed by atoms with Gasteiger partial charge in [-0.3, -0.25) is 0 Å². The largest absolute Gasteiger partial charge is 0.490 e. The Kier molecular flexibility index (Phi) is 5.43. The van der Waals surface area contributed by atoms with Gasteiger partial charge in [-0.1, -0.05) is 25.2 Å². The van der Waals surface area contributed by atoms with Crippen molar-refractivity contribution >= 4 is 0 Å². The van der Waals surface area contributed by atoms with Crippen molar-refractivity contribution in [3.8, 4) is 17.6 Å². The molecule has 2 unspecified atom stereocenters. The number of benzene rings is 1. The molecule has 2 atom stereocenters. The predicted octanol–water partition coefficient (Wildman–Crippen LogP) is 3.48. The van der Waals surface area contributed by atoms with E-state index in [-0.39, 0.29) is 18.5 Å². The molecule has 20 heavy (non-hydrogen) atoms. The van der Waals surface area contributed by atoms with E-state index in [1.165, 1.54) is 31.4 Å². The maximum Gasteiger partial charge on any atom is 0.128 e. The van der Waals surface area contributed by atoms with Crippen LogP contribution in [0.25, 0.3) is 0 Å². The molecule has 1 aliphatic rings. The van der Waals surface area contributed by atoms with Crippen LogP contribution in [0.5, 0.6) is 5.75 Å². The van der Waals surface area contributed by atoms with Gasteiger partial charge in [0.15, 0.2) is 0 Å². The van der Waals surface area contributed by atoms with Crippen LogP contribution in [0.1, 0.15) is 44.6 Å². The van der Waals surface area contributed by atoms with Crippen LogP contribution in [0.2, 0.25) is 0 Å². The molecule has 0 heterocycles. The van der Waals surface area contributed by atoms with E-state index in [0.29, 0.717) is 17.2 Å². The summed E-state index contributed by atoms with van der Waals surface area (Å²) in [4.78, 5) is 0. The second-order valence-corrected chi connectivity index (χ2v) is 5.29. The van der Waals surface area contributed by atoms with Gasteiger partial charge in [-0.2, -0.15) is 0 Å². The van der Waals surface area contributed by atoms with Gasteiger partial charge in [0, 0.05) is 11.6 Å². The molecule has 1 aromatic carbocycles. The first-order chi connectivity index (χ1) is 9.72. The number of hydrogen-bond donors (Lipinski definition) is 1. The standard InChI is InChI=1S/C17H22FNO/c1-2-14-7-3-4-8-17(14)20-16-11-13(6-5-9-19)10-15(18)12-16/h10-12,14,17H,2-4,7-9,19H2,1H3. The van der Waals surface area contributed by atoms with Gasteiger partial charge in [-0.15, -0.1) is 0 Å². The third kappa shape index (κ3) is 3.98. The summed E-state index contributed by atoms with van der Waals surface area (Å²) in [6.45, 7) is 2.46. The second kappa shape index (κ2) is 7.31. The van der Waals surface area contributed by atoms with Gasteiger partial charge in [-0.05, 0) is 43.7 Å². The third-order valence-corrected chi connectivity index (χ3v) is 3.86. The predicted molar refractivity (Wildman–Crippen MR) is 79.0 cm³/mol. The molecule has 108 valence electrons. The van der Waals surface area contributed by atoms with Crippen LogP contribution < -0.4 is 10.5 Å². The molecule has 1 aliphatic carbocycles. The van der Waals surface area contributed by atoms with E-state index in [4.69, 9.17) is 10.5 Å². The Morgan fingerprint density at radius 1 is 1.30 bits per heavy atom. The van der Waals surface area contributed by atoms with Crippen molar-refractivity contribution in [2.75, 3.05) is 6.54 Å². The molecule has 0 bridgehead atoms. The number of nitrogens with two attached hydrogens (primary N) is 1. The normalized spacial score (nSPS) is 21.9. The number of ether oxygens (including phenoxy) is 1. The van der Waals surface area contributed by atoms with Gasteiger partial charge in [0.05, 0.1) is 6.54 Å². The first kappa shape index (κ1) is 14.9. The van der Waals surface area contributed by atoms with E-state index in [0.717, 1.165) is 12.8 Å². The highest BCUT2D eigenvalue weighted by Crippen LogP contribution is 2.31. The van der Waals surface area contributed by atoms with Crippen LogP contribution >= 0.6 is 0 Å². The molecule has 3 heteroatoms. The minimum atomic E-state index is -0.312. The first-order valence-electron chi connectivity index (χ1n) is 7.39. The fourth-order valence-electron chi connectivity index (χ4n) is 2.83. The van der Waals surface area contributed by atoms with E-state index >= 15 is 0 Å². The fraction of sp³-hybridized carbons (Fsp3) is 0.529. The molecule has 0 aliphatic heterocycles. The maximum absolute atomic E-state index is 13.6. The average molecular weight is 275 g/mol. The molecule has 2 nitrogen and oxygen atoms in total. The summed E-state index contributed by atoms with van der Waals surface area (Å²) < 4.78 is 19.6. The zero-order valence-electron chi connectivity index (χ0n) is 12.0. The van der Waals surface area contributed by atoms with Crippen molar-refractivity contribution < 1.29 is 9.13 Å². The molecular formula is C17H22FNO. The monoisotopic (exact) mass is 275 g/mol. The topological polar surface area (TPSA) is 35.2 Å². The summed E-state index contributed by atoms with van der Waals surface area (Å²) in [5, 5.41) is 0. The summed E-state index contributed by atoms with van der Waals surface area (Å²) in [5.74, 6) is 6.43. The highest BCUT2D eigenvalue weighted by molar-refractivity contribution is 5.40. The van der Waals surface area contributed by atoms with Crippen LogP contribution in [0, 0.1) is 23.6 Å². The molecule has 0 radical (unpaired) electrons. The average Bonchev–Trinajstić information content (AvgIpc) is 2.45. The minimum absolute atomic E-state index is 0.200. The van der Waals surface area contributed by atoms with Crippen molar-refractivity contribution in [3.63, 3.8) is 0 Å². The van der Waals surface area contributed by atoms with Crippen LogP contribution in [0.4, 0.5) is 4.39 Å². The molecule has 2 N–H and O–H groups in total. The van der Waals surface area contributed by atoms with E-state index in [1.54, 1.807) is 6.07 Å². The Labute approximate surface area is 120 Å². The fourth-order valence-corrected chi connectivity index (χ4v) is 2.83. The summed E-state index contributed by atoms with van der Waals surface area (Å²) in [6, 6.07) is 4.65. The third-order valence-electron chi connectivity index (χ3n) is 3.86. The Bertz CT molecular complexity index is 503. The highest BCUT2D eigenvalue weighted by Gasteiger charge is 2.25. The highest BCUT2D eigenvalue weighted by atomic mass is 19.1. The van der Waals surface area contributed by atoms with Crippen LogP contribution in [-0.2, 0) is 0 Å². The molecule has 0 amide bonds. The van der Waals surface area contributed by atoms with Crippen LogP contribution in [0.15, 0.2) is 18.2 Å². The van der Waals surface area contributed by atoms with Gasteiger partial charge in [-0.25, -0.2) is 4.39 Å². The number of rotatable bonds is 3. The van der Waals surface area contributed by atoms with E-state index in [2.05, 4.69) is 18.8 Å². The minimum Gasteiger partial charge on any atom is -0.490 e. The van der Waals surface area contributed by atoms with Crippen molar-refractivity contribution in [3.05, 3.63) is 29.6 Å². The number of halogens is 1. The first-order valence-corrected chi connectivity index (χ1v) is 7.39. The van der Waals surface area contributed by atoms with Crippen LogP contribution in [-0.4, -0.2) is 12.6 Å². The van der Waals surface area contributed by atoms with Gasteiger partial charge >= 0.3 is 0 Å². The molecule has 0 saturated heterocycles. The molecule has 1 saturated carbocycles. The molecule has 0 spiro atoms. The lowest BCUT2D eigenvalue weighted by Gasteiger charge is -2.31. The maximum atomic E-state index is 13.6. The Morgan fingerprint density at radius 3 is 2.85 bits per heavy atom. The summed E-state index contributed by atoms with van der Waals surface area (Å²) in [5.41, 5.74) is 5.96. The number of hydrogen-bond acceptors (Lipinski definition) is 2. The lowest BCUT2D eigenvalue weighted by molar-refractivity contribution is 0.0900. The smallest absolute Gasteiger partial charge is 0.128 e. The van der Waals surface area contributed by atoms with Gasteiger partial charge in [0.1, 0.15) is 17.7 Å². The Balaban J connectivity index is 2.13. The lowest BCUT2D eigenvalue weighted by atomic mass is 9.85. The summed E-state index contributed by atoms with van der Waals surface area (Å²) in [7, 11) is 0. The Hall–Kier alpha value is -1.53. The summed E-state index contributed by atoms with van der Waals surface area (Å²) >= 11 is 0. The molecule has 0 aromatic heterocycles. The van der Waals surface area contributed by atoms with Crippen molar-refractivity contribution in [1.82, 2.24) is 0 Å². The second-order valence-electron chi connectivity index (χ2n) is 5.29. The van der Waals surface area contributed by atoms with Crippen molar-refractivity contribution in [1.29, 1.82) is 0 Å². The van der Waals surface area contributed by atoms with Gasteiger partial charge < -0.3 is 10.5 Å². The molecule has 1 aromatic rings. The van der Waals surface area contributed by atoms with E-state index in [9.17, 15) is 4.39 Å². The van der Waals surface area contributed by atoms with Crippen LogP contribution in [0.3, 0.4) is 0 Å². The molecule has 1 fully saturated rings. The van der Waals surface area contributed by atoms with Crippen molar-refractivity contribution in [2.24, 2.45) is 11.7 Å². The lowest BCUT2D eigenvalue weighted by Crippen LogP contribution is -2.29. The molecule has 2 rings (SSSR count). The van der Waals surface area contributed by atoms with Crippen molar-refractivity contribution in [2.45, 2.75) is 45.1 Å². The zero-order valence-corrected chi connectivity index (χ0v) is 12.0. The van der Waals surface area contributed by atoms with E-state index < -0.39 is 0 Å². The molecular weight excluding hydrogens is 253 g/mol. The van der Waals surface area contributed by atoms with Gasteiger partial charge in [0.25, 0.3) is 0 Å². The Morgan fingerprint density at radius 2 is 2.10 bits per heavy atom. The quantitative estimate of drug-likeness (QED) is 0.857. The zero-order chi connectivity index (χ0) is 14.4. The summed E-state index contributed by atoms with van der Waals surface area (Å²) in [6.07, 6.45) is 6.03. The van der Waals surface area contributed by atoms with E-state index in [1.807, 2.05) is 0 Å².